The van der Waals surface area contributed by atoms with Gasteiger partial charge in [0, 0.05) is 16.7 Å². The summed E-state index contributed by atoms with van der Waals surface area (Å²) in [4.78, 5) is 14.1. The average molecular weight is 627 g/mol. The number of hydrogen-bond donors (Lipinski definition) is 0. The summed E-state index contributed by atoms with van der Waals surface area (Å²) in [5, 5.41) is 0. The van der Waals surface area contributed by atoms with Gasteiger partial charge in [-0.1, -0.05) is 60.1 Å². The Morgan fingerprint density at radius 3 is 2.04 bits per heavy atom. The van der Waals surface area contributed by atoms with Crippen LogP contribution >= 0.6 is 0 Å². The molecule has 0 aliphatic heterocycles. The molecule has 0 amide bonds. The van der Waals surface area contributed by atoms with Crippen molar-refractivity contribution in [2.24, 2.45) is 56.7 Å². The zero-order valence-corrected chi connectivity index (χ0v) is 31.6. The van der Waals surface area contributed by atoms with Gasteiger partial charge in [0.2, 0.25) is 0 Å². The van der Waals surface area contributed by atoms with Gasteiger partial charge in [-0.05, 0) is 139 Å². The highest BCUT2D eigenvalue weighted by atomic mass is 16.6. The van der Waals surface area contributed by atoms with Crippen molar-refractivity contribution in [3.8, 4) is 0 Å². The second-order valence-electron chi connectivity index (χ2n) is 19.2. The van der Waals surface area contributed by atoms with Crippen molar-refractivity contribution in [2.45, 2.75) is 178 Å². The molecule has 45 heavy (non-hydrogen) atoms. The zero-order chi connectivity index (χ0) is 33.3. The standard InChI is InChI=1S/C41H70O4/c1-25(2)35(42)41-20-18-37(9,10)22-32(41)31-15-14-30-29(38(31,11)19-21-41)16-17-34-39(30,12)23-33(44-27(5)6)36(45-28(7)8)40(34,13)24-43-26(3)4/h15,25-30,32-34,36H,14,16-24H2,1-13H3/t29?,30-,32-,33?,34?,36?,38-,39+,40?,41-/m0/s1. The van der Waals surface area contributed by atoms with Gasteiger partial charge in [-0.25, -0.2) is 0 Å². The van der Waals surface area contributed by atoms with Gasteiger partial charge in [-0.3, -0.25) is 4.79 Å². The van der Waals surface area contributed by atoms with Crippen LogP contribution in [0, 0.1) is 56.7 Å². The highest BCUT2D eigenvalue weighted by Crippen LogP contribution is 2.72. The van der Waals surface area contributed by atoms with Gasteiger partial charge in [0.15, 0.2) is 0 Å². The molecule has 0 aromatic heterocycles. The minimum Gasteiger partial charge on any atom is -0.378 e. The molecule has 5 rings (SSSR count). The number of fused-ring (bicyclic) bond motifs is 7. The van der Waals surface area contributed by atoms with Crippen LogP contribution in [-0.2, 0) is 19.0 Å². The molecule has 5 aliphatic carbocycles. The van der Waals surface area contributed by atoms with E-state index in [1.54, 1.807) is 5.57 Å². The lowest BCUT2D eigenvalue weighted by Crippen LogP contribution is -2.67. The zero-order valence-electron chi connectivity index (χ0n) is 31.6. The van der Waals surface area contributed by atoms with E-state index in [4.69, 9.17) is 14.2 Å². The molecule has 10 atom stereocenters. The van der Waals surface area contributed by atoms with Gasteiger partial charge in [0.05, 0.1) is 37.1 Å². The Labute approximate surface area is 277 Å². The fourth-order valence-corrected chi connectivity index (χ4v) is 12.2. The Morgan fingerprint density at radius 1 is 0.800 bits per heavy atom. The molecule has 0 aromatic rings. The topological polar surface area (TPSA) is 44.8 Å². The summed E-state index contributed by atoms with van der Waals surface area (Å²) >= 11 is 0. The van der Waals surface area contributed by atoms with E-state index < -0.39 is 0 Å². The fraction of sp³-hybridized carbons (Fsp3) is 0.927. The minimum absolute atomic E-state index is 0.0142. The van der Waals surface area contributed by atoms with E-state index in [1.807, 2.05) is 0 Å². The van der Waals surface area contributed by atoms with E-state index in [0.717, 1.165) is 38.5 Å². The highest BCUT2D eigenvalue weighted by molar-refractivity contribution is 5.87. The highest BCUT2D eigenvalue weighted by Gasteiger charge is 2.67. The molecule has 0 aromatic carbocycles. The quantitative estimate of drug-likeness (QED) is 0.239. The van der Waals surface area contributed by atoms with Crippen LogP contribution in [0.4, 0.5) is 0 Å². The average Bonchev–Trinajstić information content (AvgIpc) is 2.92. The van der Waals surface area contributed by atoms with Gasteiger partial charge in [-0.2, -0.15) is 0 Å². The first kappa shape index (κ1) is 35.6. The lowest BCUT2D eigenvalue weighted by molar-refractivity contribution is -0.264. The van der Waals surface area contributed by atoms with Crippen molar-refractivity contribution in [3.63, 3.8) is 0 Å². The molecule has 0 bridgehead atoms. The van der Waals surface area contributed by atoms with Crippen molar-refractivity contribution in [1.29, 1.82) is 0 Å². The molecule has 0 heterocycles. The summed E-state index contributed by atoms with van der Waals surface area (Å²) in [6.45, 7) is 30.7. The predicted molar refractivity (Wildman–Crippen MR) is 185 cm³/mol. The molecule has 4 saturated carbocycles. The third-order valence-electron chi connectivity index (χ3n) is 14.1. The Bertz CT molecular complexity index is 1120. The summed E-state index contributed by atoms with van der Waals surface area (Å²) in [5.41, 5.74) is 1.98. The number of carbonyl (C=O) groups excluding carboxylic acids is 1. The number of Topliss-reactive ketones (excluding diaryl/α,β-unsaturated/α-hetero) is 1. The van der Waals surface area contributed by atoms with Gasteiger partial charge >= 0.3 is 0 Å². The van der Waals surface area contributed by atoms with E-state index >= 15 is 0 Å². The second kappa shape index (κ2) is 12.3. The van der Waals surface area contributed by atoms with Gasteiger partial charge < -0.3 is 14.2 Å². The lowest BCUT2D eigenvalue weighted by atomic mass is 9.37. The summed E-state index contributed by atoms with van der Waals surface area (Å²) in [7, 11) is 0. The lowest BCUT2D eigenvalue weighted by Gasteiger charge is -2.68. The summed E-state index contributed by atoms with van der Waals surface area (Å²) in [5.74, 6) is 2.81. The largest absolute Gasteiger partial charge is 0.378 e. The number of ketones is 1. The van der Waals surface area contributed by atoms with Crippen LogP contribution in [0.3, 0.4) is 0 Å². The summed E-state index contributed by atoms with van der Waals surface area (Å²) in [6, 6.07) is 0. The van der Waals surface area contributed by atoms with Crippen LogP contribution in [0.15, 0.2) is 11.6 Å². The number of carbonyl (C=O) groups is 1. The monoisotopic (exact) mass is 627 g/mol. The molecule has 0 spiro atoms. The Balaban J connectivity index is 1.57. The molecule has 4 nitrogen and oxygen atoms in total. The predicted octanol–water partition coefficient (Wildman–Crippen LogP) is 10.2. The third kappa shape index (κ3) is 5.96. The Hall–Kier alpha value is -0.710. The second-order valence-corrected chi connectivity index (χ2v) is 19.2. The first-order valence-corrected chi connectivity index (χ1v) is 19.0. The molecular weight excluding hydrogens is 556 g/mol. The van der Waals surface area contributed by atoms with Crippen molar-refractivity contribution >= 4 is 5.78 Å². The number of ether oxygens (including phenoxy) is 3. The molecule has 258 valence electrons. The van der Waals surface area contributed by atoms with Crippen LogP contribution < -0.4 is 0 Å². The van der Waals surface area contributed by atoms with E-state index in [2.05, 4.69) is 96.1 Å². The van der Waals surface area contributed by atoms with Gasteiger partial charge in [0.1, 0.15) is 5.78 Å². The molecular formula is C41H70O4. The van der Waals surface area contributed by atoms with E-state index in [-0.39, 0.29) is 58.1 Å². The summed E-state index contributed by atoms with van der Waals surface area (Å²) in [6.07, 6.45) is 13.6. The molecule has 0 N–H and O–H groups in total. The molecule has 4 fully saturated rings. The van der Waals surface area contributed by atoms with Crippen molar-refractivity contribution in [3.05, 3.63) is 11.6 Å². The molecule has 5 aliphatic rings. The first-order valence-electron chi connectivity index (χ1n) is 19.0. The SMILES string of the molecule is CC(C)OCC1(C)C(OC(C)C)C(OC(C)C)C[C@@]2(C)C1CCC1[C@@H]2CC=C2[C@@H]3CC(C)(C)CC[C@]3(C(=O)C(C)C)CC[C@]21C. The van der Waals surface area contributed by atoms with Crippen LogP contribution in [0.2, 0.25) is 0 Å². The smallest absolute Gasteiger partial charge is 0.142 e. The van der Waals surface area contributed by atoms with Crippen LogP contribution in [0.1, 0.15) is 148 Å². The van der Waals surface area contributed by atoms with Crippen LogP contribution in [0.5, 0.6) is 0 Å². The Morgan fingerprint density at radius 2 is 1.44 bits per heavy atom. The first-order chi connectivity index (χ1) is 20.8. The van der Waals surface area contributed by atoms with E-state index in [1.165, 1.54) is 19.3 Å². The fourth-order valence-electron chi connectivity index (χ4n) is 12.2. The van der Waals surface area contributed by atoms with Gasteiger partial charge in [0.25, 0.3) is 0 Å². The maximum Gasteiger partial charge on any atom is 0.142 e. The van der Waals surface area contributed by atoms with Crippen LogP contribution in [0.25, 0.3) is 0 Å². The molecule has 0 radical (unpaired) electrons. The maximum absolute atomic E-state index is 14.1. The number of hydrogen-bond acceptors (Lipinski definition) is 4. The normalized spacial score (nSPS) is 44.3. The van der Waals surface area contributed by atoms with Crippen molar-refractivity contribution < 1.29 is 19.0 Å². The molecule has 4 heteroatoms. The van der Waals surface area contributed by atoms with Crippen molar-refractivity contribution in [1.82, 2.24) is 0 Å². The number of rotatable bonds is 9. The Kier molecular flexibility index (Phi) is 9.74. The van der Waals surface area contributed by atoms with Crippen LogP contribution in [-0.4, -0.2) is 42.9 Å². The van der Waals surface area contributed by atoms with E-state index in [9.17, 15) is 4.79 Å². The van der Waals surface area contributed by atoms with Gasteiger partial charge in [-0.15, -0.1) is 0 Å². The molecule has 0 saturated heterocycles. The number of allylic oxidation sites excluding steroid dienone is 2. The van der Waals surface area contributed by atoms with Crippen molar-refractivity contribution in [2.75, 3.05) is 6.61 Å². The molecule has 5 unspecified atom stereocenters. The maximum atomic E-state index is 14.1. The summed E-state index contributed by atoms with van der Waals surface area (Å²) < 4.78 is 20.3. The third-order valence-corrected chi connectivity index (χ3v) is 14.1. The minimum atomic E-state index is -0.155. The van der Waals surface area contributed by atoms with E-state index in [0.29, 0.717) is 41.5 Å².